The second-order valence-electron chi connectivity index (χ2n) is 4.47. The van der Waals surface area contributed by atoms with Crippen LogP contribution in [0.3, 0.4) is 0 Å². The first-order valence-electron chi connectivity index (χ1n) is 6.19. The fourth-order valence-corrected chi connectivity index (χ4v) is 1.76. The highest BCUT2D eigenvalue weighted by Gasteiger charge is 2.27. The van der Waals surface area contributed by atoms with Crippen molar-refractivity contribution in [1.82, 2.24) is 19.9 Å². The molecular weight excluding hydrogens is 242 g/mol. The average molecular weight is 257 g/mol. The van der Waals surface area contributed by atoms with Gasteiger partial charge in [-0.1, -0.05) is 0 Å². The number of hydrogen-bond acceptors (Lipinski definition) is 7. The quantitative estimate of drug-likeness (QED) is 0.543. The lowest BCUT2D eigenvalue weighted by Crippen LogP contribution is -2.12. The Morgan fingerprint density at radius 3 is 2.79 bits per heavy atom. The molecule has 1 aliphatic carbocycles. The van der Waals surface area contributed by atoms with Gasteiger partial charge in [0.15, 0.2) is 0 Å². The van der Waals surface area contributed by atoms with Crippen LogP contribution in [0.15, 0.2) is 24.7 Å². The molecular formula is C12H15N7. The molecule has 2 aromatic rings. The first kappa shape index (κ1) is 11.8. The highest BCUT2D eigenvalue weighted by molar-refractivity contribution is 5.47. The van der Waals surface area contributed by atoms with E-state index in [0.29, 0.717) is 18.3 Å². The van der Waals surface area contributed by atoms with Crippen LogP contribution in [0.25, 0.3) is 0 Å². The van der Waals surface area contributed by atoms with Crippen LogP contribution >= 0.6 is 0 Å². The van der Waals surface area contributed by atoms with Gasteiger partial charge in [-0.3, -0.25) is 0 Å². The van der Waals surface area contributed by atoms with Crippen molar-refractivity contribution in [2.24, 2.45) is 5.84 Å². The van der Waals surface area contributed by atoms with Gasteiger partial charge in [-0.25, -0.2) is 25.8 Å². The van der Waals surface area contributed by atoms with Crippen LogP contribution in [0.5, 0.6) is 0 Å². The smallest absolute Gasteiger partial charge is 0.145 e. The molecule has 0 unspecified atom stereocenters. The molecule has 0 atom stereocenters. The van der Waals surface area contributed by atoms with Gasteiger partial charge >= 0.3 is 0 Å². The van der Waals surface area contributed by atoms with Gasteiger partial charge in [-0.2, -0.15) is 0 Å². The number of hydrazine groups is 1. The lowest BCUT2D eigenvalue weighted by molar-refractivity contribution is 0.914. The van der Waals surface area contributed by atoms with Crippen LogP contribution in [0.2, 0.25) is 0 Å². The van der Waals surface area contributed by atoms with Crippen molar-refractivity contribution >= 4 is 11.6 Å². The molecule has 0 aromatic carbocycles. The summed E-state index contributed by atoms with van der Waals surface area (Å²) in [7, 11) is 0. The topological polar surface area (TPSA) is 102 Å². The summed E-state index contributed by atoms with van der Waals surface area (Å²) >= 11 is 0. The first-order valence-corrected chi connectivity index (χ1v) is 6.19. The van der Waals surface area contributed by atoms with Crippen molar-refractivity contribution in [3.63, 3.8) is 0 Å². The maximum Gasteiger partial charge on any atom is 0.145 e. The number of nitrogens with two attached hydrogens (primary N) is 1. The number of anilines is 2. The Kier molecular flexibility index (Phi) is 3.20. The van der Waals surface area contributed by atoms with Crippen molar-refractivity contribution in [3.8, 4) is 0 Å². The van der Waals surface area contributed by atoms with Crippen LogP contribution in [0.1, 0.15) is 30.3 Å². The van der Waals surface area contributed by atoms with Crippen molar-refractivity contribution in [3.05, 3.63) is 36.2 Å². The molecule has 0 saturated heterocycles. The number of nitrogens with one attached hydrogen (secondary N) is 2. The lowest BCUT2D eigenvalue weighted by Gasteiger charge is -2.09. The summed E-state index contributed by atoms with van der Waals surface area (Å²) in [5.41, 5.74) is 3.48. The van der Waals surface area contributed by atoms with E-state index < -0.39 is 0 Å². The van der Waals surface area contributed by atoms with Gasteiger partial charge < -0.3 is 10.7 Å². The van der Waals surface area contributed by atoms with Gasteiger partial charge in [-0.15, -0.1) is 0 Å². The molecule has 7 heteroatoms. The number of nitrogens with zero attached hydrogens (tertiary/aromatic N) is 4. The third kappa shape index (κ3) is 2.94. The molecule has 0 radical (unpaired) electrons. The van der Waals surface area contributed by atoms with Crippen molar-refractivity contribution in [2.45, 2.75) is 25.3 Å². The molecule has 0 spiro atoms. The highest BCUT2D eigenvalue weighted by atomic mass is 15.3. The zero-order chi connectivity index (χ0) is 13.1. The number of hydrogen-bond donors (Lipinski definition) is 3. The van der Waals surface area contributed by atoms with Crippen LogP contribution in [-0.2, 0) is 6.54 Å². The number of nitrogen functional groups attached to an aromatic ring is 1. The minimum absolute atomic E-state index is 0.480. The van der Waals surface area contributed by atoms with Gasteiger partial charge in [0.2, 0.25) is 0 Å². The van der Waals surface area contributed by atoms with E-state index in [-0.39, 0.29) is 0 Å². The van der Waals surface area contributed by atoms with E-state index >= 15 is 0 Å². The highest BCUT2D eigenvalue weighted by Crippen LogP contribution is 2.38. The normalized spacial score (nSPS) is 14.2. The average Bonchev–Trinajstić information content (AvgIpc) is 3.30. The lowest BCUT2D eigenvalue weighted by atomic mass is 10.3. The minimum Gasteiger partial charge on any atom is -0.364 e. The summed E-state index contributed by atoms with van der Waals surface area (Å²) in [6.07, 6.45) is 5.55. The number of aromatic nitrogens is 4. The van der Waals surface area contributed by atoms with Gasteiger partial charge in [0.05, 0.1) is 12.2 Å². The zero-order valence-electron chi connectivity index (χ0n) is 10.4. The largest absolute Gasteiger partial charge is 0.364 e. The molecule has 19 heavy (non-hydrogen) atoms. The molecule has 2 heterocycles. The summed E-state index contributed by atoms with van der Waals surface area (Å²) in [4.78, 5) is 16.9. The van der Waals surface area contributed by atoms with E-state index in [0.717, 1.165) is 30.2 Å². The molecule has 0 bridgehead atoms. The SMILES string of the molecule is NNc1cc(NCc2ccncn2)nc(C2CC2)n1. The summed E-state index contributed by atoms with van der Waals surface area (Å²) in [5.74, 6) is 8.13. The summed E-state index contributed by atoms with van der Waals surface area (Å²) < 4.78 is 0. The van der Waals surface area contributed by atoms with E-state index in [1.807, 2.05) is 6.07 Å². The van der Waals surface area contributed by atoms with Crippen LogP contribution in [-0.4, -0.2) is 19.9 Å². The Morgan fingerprint density at radius 1 is 1.26 bits per heavy atom. The summed E-state index contributed by atoms with van der Waals surface area (Å²) in [6.45, 7) is 0.591. The van der Waals surface area contributed by atoms with Crippen molar-refractivity contribution < 1.29 is 0 Å². The number of rotatable bonds is 5. The van der Waals surface area contributed by atoms with Gasteiger partial charge in [0, 0.05) is 18.2 Å². The third-order valence-corrected chi connectivity index (χ3v) is 2.93. The Hall–Kier alpha value is -2.28. The van der Waals surface area contributed by atoms with Gasteiger partial charge in [-0.05, 0) is 18.9 Å². The van der Waals surface area contributed by atoms with E-state index in [9.17, 15) is 0 Å². The molecule has 98 valence electrons. The van der Waals surface area contributed by atoms with Crippen LogP contribution < -0.4 is 16.6 Å². The van der Waals surface area contributed by atoms with Crippen molar-refractivity contribution in [2.75, 3.05) is 10.7 Å². The summed E-state index contributed by atoms with van der Waals surface area (Å²) in [6, 6.07) is 3.64. The van der Waals surface area contributed by atoms with Crippen LogP contribution in [0.4, 0.5) is 11.6 Å². The molecule has 4 N–H and O–H groups in total. The van der Waals surface area contributed by atoms with Crippen LogP contribution in [0, 0.1) is 0 Å². The zero-order valence-corrected chi connectivity index (χ0v) is 10.4. The molecule has 7 nitrogen and oxygen atoms in total. The minimum atomic E-state index is 0.480. The molecule has 2 aromatic heterocycles. The maximum atomic E-state index is 5.43. The van der Waals surface area contributed by atoms with E-state index in [1.54, 1.807) is 12.3 Å². The molecule has 3 rings (SSSR count). The standard InChI is InChI=1S/C12H15N7/c13-19-11-5-10(17-12(18-11)8-1-2-8)15-6-9-3-4-14-7-16-9/h3-5,7-8H,1-2,6,13H2,(H2,15,17,18,19). The second-order valence-corrected chi connectivity index (χ2v) is 4.47. The predicted molar refractivity (Wildman–Crippen MR) is 71.2 cm³/mol. The van der Waals surface area contributed by atoms with E-state index in [1.165, 1.54) is 6.33 Å². The Morgan fingerprint density at radius 2 is 2.11 bits per heavy atom. The molecule has 0 amide bonds. The predicted octanol–water partition coefficient (Wildman–Crippen LogP) is 1.04. The van der Waals surface area contributed by atoms with Gasteiger partial charge in [0.25, 0.3) is 0 Å². The van der Waals surface area contributed by atoms with E-state index in [2.05, 4.69) is 30.7 Å². The molecule has 1 fully saturated rings. The maximum absolute atomic E-state index is 5.43. The Balaban J connectivity index is 1.74. The Bertz CT molecular complexity index is 553. The molecule has 0 aliphatic heterocycles. The molecule has 1 saturated carbocycles. The first-order chi connectivity index (χ1) is 9.35. The van der Waals surface area contributed by atoms with E-state index in [4.69, 9.17) is 5.84 Å². The van der Waals surface area contributed by atoms with Crippen molar-refractivity contribution in [1.29, 1.82) is 0 Å². The fourth-order valence-electron chi connectivity index (χ4n) is 1.76. The molecule has 1 aliphatic rings. The van der Waals surface area contributed by atoms with Gasteiger partial charge in [0.1, 0.15) is 23.8 Å². The fraction of sp³-hybridized carbons (Fsp3) is 0.333. The second kappa shape index (κ2) is 5.15. The summed E-state index contributed by atoms with van der Waals surface area (Å²) in [5, 5.41) is 3.22. The Labute approximate surface area is 110 Å². The monoisotopic (exact) mass is 257 g/mol. The third-order valence-electron chi connectivity index (χ3n) is 2.93.